The summed E-state index contributed by atoms with van der Waals surface area (Å²) >= 11 is 0. The average molecular weight is 207 g/mol. The van der Waals surface area contributed by atoms with Gasteiger partial charge in [0.25, 0.3) is 0 Å². The lowest BCUT2D eigenvalue weighted by molar-refractivity contribution is 0.220. The van der Waals surface area contributed by atoms with Crippen molar-refractivity contribution >= 4 is 0 Å². The molecule has 0 radical (unpaired) electrons. The van der Waals surface area contributed by atoms with Gasteiger partial charge in [-0.15, -0.1) is 11.8 Å². The lowest BCUT2D eigenvalue weighted by atomic mass is 9.77. The summed E-state index contributed by atoms with van der Waals surface area (Å²) in [6, 6.07) is 0. The maximum absolute atomic E-state index is 3.50. The minimum atomic E-state index is 0.914. The first kappa shape index (κ1) is 12.6. The average Bonchev–Trinajstić information content (AvgIpc) is 2.28. The van der Waals surface area contributed by atoms with E-state index in [0.29, 0.717) is 0 Å². The van der Waals surface area contributed by atoms with Gasteiger partial charge in [-0.25, -0.2) is 0 Å². The Morgan fingerprint density at radius 2 is 1.93 bits per heavy atom. The quantitative estimate of drug-likeness (QED) is 0.683. The molecule has 0 aromatic heterocycles. The zero-order valence-corrected chi connectivity index (χ0v) is 10.3. The number of nitrogens with one attached hydrogen (secondary N) is 1. The largest absolute Gasteiger partial charge is 0.317 e. The van der Waals surface area contributed by atoms with Gasteiger partial charge in [-0.05, 0) is 44.7 Å². The second kappa shape index (κ2) is 7.77. The van der Waals surface area contributed by atoms with E-state index in [-0.39, 0.29) is 0 Å². The molecule has 1 saturated carbocycles. The molecular formula is C14H25N. The van der Waals surface area contributed by atoms with Crippen molar-refractivity contribution in [2.75, 3.05) is 13.1 Å². The SMILES string of the molecule is CC#CCCC1CCCCC1CNCC. The summed E-state index contributed by atoms with van der Waals surface area (Å²) in [6.07, 6.45) is 8.15. The standard InChI is InChI=1S/C14H25N/c1-3-5-6-9-13-10-7-8-11-14(13)12-15-4-2/h13-15H,4,6-12H2,1-2H3. The maximum Gasteiger partial charge on any atom is 0.00913 e. The fourth-order valence-electron chi connectivity index (χ4n) is 2.65. The van der Waals surface area contributed by atoms with Crippen molar-refractivity contribution in [3.8, 4) is 11.8 Å². The molecule has 2 atom stereocenters. The Balaban J connectivity index is 2.30. The van der Waals surface area contributed by atoms with Crippen LogP contribution in [0.25, 0.3) is 0 Å². The third-order valence-electron chi connectivity index (χ3n) is 3.54. The third kappa shape index (κ3) is 4.71. The Labute approximate surface area is 95.0 Å². The van der Waals surface area contributed by atoms with Crippen molar-refractivity contribution in [2.45, 2.75) is 52.4 Å². The molecule has 0 aromatic carbocycles. The van der Waals surface area contributed by atoms with Gasteiger partial charge in [0.2, 0.25) is 0 Å². The van der Waals surface area contributed by atoms with E-state index in [1.807, 2.05) is 6.92 Å². The molecule has 0 spiro atoms. The van der Waals surface area contributed by atoms with Crippen molar-refractivity contribution in [3.63, 3.8) is 0 Å². The molecule has 1 nitrogen and oxygen atoms in total. The minimum Gasteiger partial charge on any atom is -0.317 e. The van der Waals surface area contributed by atoms with Gasteiger partial charge in [0.15, 0.2) is 0 Å². The van der Waals surface area contributed by atoms with Crippen LogP contribution < -0.4 is 5.32 Å². The van der Waals surface area contributed by atoms with E-state index in [1.54, 1.807) is 0 Å². The number of hydrogen-bond donors (Lipinski definition) is 1. The van der Waals surface area contributed by atoms with Crippen molar-refractivity contribution < 1.29 is 0 Å². The summed E-state index contributed by atoms with van der Waals surface area (Å²) in [7, 11) is 0. The molecular weight excluding hydrogens is 182 g/mol. The molecule has 0 heterocycles. The van der Waals surface area contributed by atoms with Gasteiger partial charge in [-0.3, -0.25) is 0 Å². The highest BCUT2D eigenvalue weighted by atomic mass is 14.8. The van der Waals surface area contributed by atoms with Crippen LogP contribution in [0.2, 0.25) is 0 Å². The lowest BCUT2D eigenvalue weighted by Crippen LogP contribution is -2.30. The van der Waals surface area contributed by atoms with E-state index < -0.39 is 0 Å². The van der Waals surface area contributed by atoms with Crippen LogP contribution in [0.1, 0.15) is 52.4 Å². The van der Waals surface area contributed by atoms with E-state index in [2.05, 4.69) is 24.1 Å². The molecule has 1 N–H and O–H groups in total. The van der Waals surface area contributed by atoms with Gasteiger partial charge in [0.1, 0.15) is 0 Å². The molecule has 0 bridgehead atoms. The second-order valence-electron chi connectivity index (χ2n) is 4.58. The molecule has 0 aliphatic heterocycles. The van der Waals surface area contributed by atoms with Crippen LogP contribution in [0.15, 0.2) is 0 Å². The second-order valence-corrected chi connectivity index (χ2v) is 4.58. The molecule has 15 heavy (non-hydrogen) atoms. The Hall–Kier alpha value is -0.480. The molecule has 0 aromatic rings. The highest BCUT2D eigenvalue weighted by Gasteiger charge is 2.23. The van der Waals surface area contributed by atoms with Crippen molar-refractivity contribution in [1.29, 1.82) is 0 Å². The van der Waals surface area contributed by atoms with Crippen molar-refractivity contribution in [1.82, 2.24) is 5.32 Å². The first-order chi connectivity index (χ1) is 7.38. The Kier molecular flexibility index (Phi) is 6.52. The van der Waals surface area contributed by atoms with Crippen LogP contribution in [0.5, 0.6) is 0 Å². The molecule has 1 aliphatic carbocycles. The minimum absolute atomic E-state index is 0.914. The summed E-state index contributed by atoms with van der Waals surface area (Å²) in [5, 5.41) is 3.50. The van der Waals surface area contributed by atoms with Crippen LogP contribution >= 0.6 is 0 Å². The van der Waals surface area contributed by atoms with Crippen LogP contribution in [0.4, 0.5) is 0 Å². The van der Waals surface area contributed by atoms with E-state index in [0.717, 1.165) is 24.8 Å². The summed E-state index contributed by atoms with van der Waals surface area (Å²) in [5.74, 6) is 8.04. The molecule has 2 unspecified atom stereocenters. The van der Waals surface area contributed by atoms with Gasteiger partial charge in [-0.1, -0.05) is 26.2 Å². The molecule has 0 amide bonds. The Morgan fingerprint density at radius 3 is 2.60 bits per heavy atom. The number of rotatable bonds is 5. The maximum atomic E-state index is 3.50. The topological polar surface area (TPSA) is 12.0 Å². The van der Waals surface area contributed by atoms with E-state index >= 15 is 0 Å². The smallest absolute Gasteiger partial charge is 0.00913 e. The van der Waals surface area contributed by atoms with Gasteiger partial charge in [0, 0.05) is 6.42 Å². The monoisotopic (exact) mass is 207 g/mol. The first-order valence-electron chi connectivity index (χ1n) is 6.48. The zero-order chi connectivity index (χ0) is 10.9. The van der Waals surface area contributed by atoms with Crippen LogP contribution in [-0.4, -0.2) is 13.1 Å². The normalized spacial score (nSPS) is 25.7. The fourth-order valence-corrected chi connectivity index (χ4v) is 2.65. The zero-order valence-electron chi connectivity index (χ0n) is 10.3. The predicted octanol–water partition coefficient (Wildman–Crippen LogP) is 3.21. The van der Waals surface area contributed by atoms with Gasteiger partial charge < -0.3 is 5.32 Å². The molecule has 0 saturated heterocycles. The summed E-state index contributed by atoms with van der Waals surface area (Å²) in [4.78, 5) is 0. The lowest BCUT2D eigenvalue weighted by Gasteiger charge is -2.31. The molecule has 86 valence electrons. The Bertz CT molecular complexity index is 211. The summed E-state index contributed by atoms with van der Waals surface area (Å²) < 4.78 is 0. The number of hydrogen-bond acceptors (Lipinski definition) is 1. The van der Waals surface area contributed by atoms with Crippen LogP contribution in [0.3, 0.4) is 0 Å². The highest BCUT2D eigenvalue weighted by Crippen LogP contribution is 2.32. The van der Waals surface area contributed by atoms with Crippen LogP contribution in [-0.2, 0) is 0 Å². The first-order valence-corrected chi connectivity index (χ1v) is 6.48. The van der Waals surface area contributed by atoms with Gasteiger partial charge in [0.05, 0.1) is 0 Å². The molecule has 1 rings (SSSR count). The van der Waals surface area contributed by atoms with Gasteiger partial charge in [-0.2, -0.15) is 0 Å². The molecule has 1 fully saturated rings. The van der Waals surface area contributed by atoms with E-state index in [1.165, 1.54) is 38.6 Å². The van der Waals surface area contributed by atoms with Crippen molar-refractivity contribution in [3.05, 3.63) is 0 Å². The fraction of sp³-hybridized carbons (Fsp3) is 0.857. The van der Waals surface area contributed by atoms with E-state index in [4.69, 9.17) is 0 Å². The van der Waals surface area contributed by atoms with Crippen LogP contribution in [0, 0.1) is 23.7 Å². The summed E-state index contributed by atoms with van der Waals surface area (Å²) in [6.45, 7) is 6.47. The van der Waals surface area contributed by atoms with Crippen molar-refractivity contribution in [2.24, 2.45) is 11.8 Å². The summed E-state index contributed by atoms with van der Waals surface area (Å²) in [5.41, 5.74) is 0. The van der Waals surface area contributed by atoms with E-state index in [9.17, 15) is 0 Å². The highest BCUT2D eigenvalue weighted by molar-refractivity contribution is 4.95. The molecule has 1 heteroatoms. The molecule has 1 aliphatic rings. The van der Waals surface area contributed by atoms with Gasteiger partial charge >= 0.3 is 0 Å². The third-order valence-corrected chi connectivity index (χ3v) is 3.54. The Morgan fingerprint density at radius 1 is 1.20 bits per heavy atom. The predicted molar refractivity (Wildman–Crippen MR) is 66.7 cm³/mol.